The molecule has 3 aromatic rings. The van der Waals surface area contributed by atoms with Crippen LogP contribution in [0.3, 0.4) is 0 Å². The molecule has 3 aromatic carbocycles. The van der Waals surface area contributed by atoms with Crippen molar-refractivity contribution in [1.29, 1.82) is 0 Å². The summed E-state index contributed by atoms with van der Waals surface area (Å²) >= 11 is 1.25. The van der Waals surface area contributed by atoms with Crippen LogP contribution in [0, 0.1) is 10.1 Å². The van der Waals surface area contributed by atoms with Crippen LogP contribution in [0.2, 0.25) is 0 Å². The van der Waals surface area contributed by atoms with E-state index in [1.165, 1.54) is 36.0 Å². The van der Waals surface area contributed by atoms with Crippen LogP contribution >= 0.6 is 11.8 Å². The van der Waals surface area contributed by atoms with Crippen molar-refractivity contribution in [3.05, 3.63) is 88.5 Å². The molecule has 1 fully saturated rings. The lowest BCUT2D eigenvalue weighted by Gasteiger charge is -2.14. The molecule has 0 saturated carbocycles. The zero-order chi connectivity index (χ0) is 24.2. The van der Waals surface area contributed by atoms with Crippen LogP contribution in [0.15, 0.2) is 77.7 Å². The van der Waals surface area contributed by atoms with E-state index in [0.29, 0.717) is 22.7 Å². The third kappa shape index (κ3) is 4.91. The minimum Gasteiger partial charge on any atom is -0.497 e. The number of nitro groups is 1. The Morgan fingerprint density at radius 3 is 2.26 bits per heavy atom. The first kappa shape index (κ1) is 23.0. The lowest BCUT2D eigenvalue weighted by molar-refractivity contribution is -0.384. The van der Waals surface area contributed by atoms with Crippen LogP contribution < -0.4 is 15.0 Å². The highest BCUT2D eigenvalue weighted by Crippen LogP contribution is 2.35. The molecule has 1 atom stereocenters. The Kier molecular flexibility index (Phi) is 6.60. The van der Waals surface area contributed by atoms with Crippen molar-refractivity contribution in [2.45, 2.75) is 16.6 Å². The summed E-state index contributed by atoms with van der Waals surface area (Å²) in [5.41, 5.74) is 1.26. The SMILES string of the molecule is COc1ccc(C(=O)Nc2ccc(SC3CC(=O)N(c4ccc([N+](=O)[O-])cc4)C3=O)cc2)cc1. The maximum absolute atomic E-state index is 12.8. The summed E-state index contributed by atoms with van der Waals surface area (Å²) in [6.45, 7) is 0. The predicted octanol–water partition coefficient (Wildman–Crippen LogP) is 4.28. The number of nitrogens with zero attached hydrogens (tertiary/aromatic N) is 2. The first-order valence-corrected chi connectivity index (χ1v) is 11.1. The van der Waals surface area contributed by atoms with E-state index in [9.17, 15) is 24.5 Å². The molecule has 10 heteroatoms. The van der Waals surface area contributed by atoms with Crippen LogP contribution in [0.1, 0.15) is 16.8 Å². The molecule has 0 aromatic heterocycles. The second-order valence-electron chi connectivity index (χ2n) is 7.36. The van der Waals surface area contributed by atoms with Gasteiger partial charge in [0.15, 0.2) is 0 Å². The van der Waals surface area contributed by atoms with E-state index < -0.39 is 10.2 Å². The molecule has 0 spiro atoms. The largest absolute Gasteiger partial charge is 0.497 e. The number of benzene rings is 3. The number of carbonyl (C=O) groups is 3. The molecule has 0 aliphatic carbocycles. The molecule has 0 radical (unpaired) electrons. The van der Waals surface area contributed by atoms with E-state index in [4.69, 9.17) is 4.74 Å². The molecule has 3 amide bonds. The van der Waals surface area contributed by atoms with E-state index in [2.05, 4.69) is 5.32 Å². The predicted molar refractivity (Wildman–Crippen MR) is 127 cm³/mol. The third-order valence-electron chi connectivity index (χ3n) is 5.17. The number of amides is 3. The number of hydrogen-bond donors (Lipinski definition) is 1. The fourth-order valence-corrected chi connectivity index (χ4v) is 4.47. The number of hydrogen-bond acceptors (Lipinski definition) is 7. The van der Waals surface area contributed by atoms with E-state index in [1.807, 2.05) is 0 Å². The lowest BCUT2D eigenvalue weighted by atomic mass is 10.2. The van der Waals surface area contributed by atoms with Crippen LogP contribution in [0.4, 0.5) is 17.1 Å². The molecule has 1 aliphatic rings. The summed E-state index contributed by atoms with van der Waals surface area (Å²) in [5, 5.41) is 13.0. The Morgan fingerprint density at radius 2 is 1.68 bits per heavy atom. The molecular weight excluding hydrogens is 458 g/mol. The highest BCUT2D eigenvalue weighted by atomic mass is 32.2. The minimum absolute atomic E-state index is 0.0243. The van der Waals surface area contributed by atoms with Gasteiger partial charge < -0.3 is 10.1 Å². The van der Waals surface area contributed by atoms with E-state index in [0.717, 1.165) is 9.80 Å². The quantitative estimate of drug-likeness (QED) is 0.306. The van der Waals surface area contributed by atoms with Gasteiger partial charge in [0.2, 0.25) is 11.8 Å². The number of non-ortho nitro benzene ring substituents is 1. The zero-order valence-electron chi connectivity index (χ0n) is 18.0. The van der Waals surface area contributed by atoms with Crippen molar-refractivity contribution in [2.75, 3.05) is 17.3 Å². The van der Waals surface area contributed by atoms with E-state index >= 15 is 0 Å². The number of methoxy groups -OCH3 is 1. The zero-order valence-corrected chi connectivity index (χ0v) is 18.8. The van der Waals surface area contributed by atoms with Gasteiger partial charge in [0.25, 0.3) is 11.6 Å². The van der Waals surface area contributed by atoms with E-state index in [1.54, 1.807) is 55.6 Å². The van der Waals surface area contributed by atoms with Crippen molar-refractivity contribution in [2.24, 2.45) is 0 Å². The first-order chi connectivity index (χ1) is 16.4. The molecule has 1 saturated heterocycles. The molecule has 1 unspecified atom stereocenters. The lowest BCUT2D eigenvalue weighted by Crippen LogP contribution is -2.31. The Morgan fingerprint density at radius 1 is 1.03 bits per heavy atom. The second-order valence-corrected chi connectivity index (χ2v) is 8.63. The standard InChI is InChI=1S/C24H19N3O6S/c1-33-19-10-2-15(3-11-19)23(29)25-16-4-12-20(13-5-16)34-21-14-22(28)26(24(21)30)17-6-8-18(9-7-17)27(31)32/h2-13,21H,14H2,1H3,(H,25,29). The number of rotatable bonds is 7. The van der Waals surface area contributed by atoms with Crippen LogP contribution in [0.25, 0.3) is 0 Å². The van der Waals surface area contributed by atoms with Crippen molar-refractivity contribution >= 4 is 46.5 Å². The topological polar surface area (TPSA) is 119 Å². The highest BCUT2D eigenvalue weighted by molar-refractivity contribution is 8.00. The fraction of sp³-hybridized carbons (Fsp3) is 0.125. The Bertz CT molecular complexity index is 1240. The number of nitro benzene ring substituents is 1. The molecule has 1 heterocycles. The summed E-state index contributed by atoms with van der Waals surface area (Å²) < 4.78 is 5.09. The molecule has 9 nitrogen and oxygen atoms in total. The normalized spacial score (nSPS) is 15.3. The van der Waals surface area contributed by atoms with Gasteiger partial charge in [-0.05, 0) is 60.7 Å². The van der Waals surface area contributed by atoms with Crippen molar-refractivity contribution in [1.82, 2.24) is 0 Å². The van der Waals surface area contributed by atoms with Crippen molar-refractivity contribution < 1.29 is 24.0 Å². The number of anilines is 2. The van der Waals surface area contributed by atoms with Gasteiger partial charge in [0.05, 0.1) is 23.0 Å². The fourth-order valence-electron chi connectivity index (χ4n) is 3.42. The van der Waals surface area contributed by atoms with Gasteiger partial charge in [-0.25, -0.2) is 4.90 Å². The number of nitrogens with one attached hydrogen (secondary N) is 1. The second kappa shape index (κ2) is 9.75. The summed E-state index contributed by atoms with van der Waals surface area (Å²) in [6, 6.07) is 19.0. The number of ether oxygens (including phenoxy) is 1. The van der Waals surface area contributed by atoms with Crippen LogP contribution in [0.5, 0.6) is 5.75 Å². The average Bonchev–Trinajstić information content (AvgIpc) is 3.12. The monoisotopic (exact) mass is 477 g/mol. The van der Waals surface area contributed by atoms with Gasteiger partial charge in [0, 0.05) is 34.7 Å². The van der Waals surface area contributed by atoms with Gasteiger partial charge in [-0.3, -0.25) is 24.5 Å². The van der Waals surface area contributed by atoms with Crippen molar-refractivity contribution in [3.8, 4) is 5.75 Å². The molecule has 1 aliphatic heterocycles. The maximum atomic E-state index is 12.8. The summed E-state index contributed by atoms with van der Waals surface area (Å²) in [7, 11) is 1.55. The smallest absolute Gasteiger partial charge is 0.269 e. The summed E-state index contributed by atoms with van der Waals surface area (Å²) in [4.78, 5) is 49.8. The summed E-state index contributed by atoms with van der Waals surface area (Å²) in [6.07, 6.45) is 0.0243. The Labute approximate surface area is 198 Å². The first-order valence-electron chi connectivity index (χ1n) is 10.2. The van der Waals surface area contributed by atoms with Gasteiger partial charge >= 0.3 is 0 Å². The van der Waals surface area contributed by atoms with Gasteiger partial charge in [-0.15, -0.1) is 11.8 Å². The molecular formula is C24H19N3O6S. The van der Waals surface area contributed by atoms with E-state index in [-0.39, 0.29) is 29.8 Å². The third-order valence-corrected chi connectivity index (χ3v) is 6.36. The number of imide groups is 1. The van der Waals surface area contributed by atoms with Gasteiger partial charge in [-0.1, -0.05) is 0 Å². The highest BCUT2D eigenvalue weighted by Gasteiger charge is 2.40. The maximum Gasteiger partial charge on any atom is 0.269 e. The number of thioether (sulfide) groups is 1. The molecule has 172 valence electrons. The average molecular weight is 477 g/mol. The van der Waals surface area contributed by atoms with Crippen LogP contribution in [-0.4, -0.2) is 35.0 Å². The Hall–Kier alpha value is -4.18. The van der Waals surface area contributed by atoms with Crippen LogP contribution in [-0.2, 0) is 9.59 Å². The molecule has 1 N–H and O–H groups in total. The molecule has 4 rings (SSSR count). The number of carbonyl (C=O) groups excluding carboxylic acids is 3. The molecule has 0 bridgehead atoms. The van der Waals surface area contributed by atoms with Gasteiger partial charge in [0.1, 0.15) is 5.75 Å². The minimum atomic E-state index is -0.609. The van der Waals surface area contributed by atoms with Crippen molar-refractivity contribution in [3.63, 3.8) is 0 Å². The Balaban J connectivity index is 1.39. The summed E-state index contributed by atoms with van der Waals surface area (Å²) in [5.74, 6) is -0.344. The molecule has 34 heavy (non-hydrogen) atoms. The van der Waals surface area contributed by atoms with Gasteiger partial charge in [-0.2, -0.15) is 0 Å².